The maximum absolute atomic E-state index is 2.49. The van der Waals surface area contributed by atoms with Gasteiger partial charge in [-0.2, -0.15) is 0 Å². The lowest BCUT2D eigenvalue weighted by molar-refractivity contribution is -0.0000116. The van der Waals surface area contributed by atoms with E-state index in [0.29, 0.717) is 0 Å². The molecule has 0 aliphatic heterocycles. The quantitative estimate of drug-likeness (QED) is 0.0427. The van der Waals surface area contributed by atoms with Crippen LogP contribution in [-0.2, 0) is 0 Å². The van der Waals surface area contributed by atoms with Gasteiger partial charge in [0, 0.05) is 27.3 Å². The van der Waals surface area contributed by atoms with Gasteiger partial charge < -0.3 is 12.4 Å². The molecule has 0 aliphatic carbocycles. The van der Waals surface area contributed by atoms with E-state index < -0.39 is 7.26 Å². The molecule has 0 fully saturated rings. The molecule has 0 bridgehead atoms. The Morgan fingerprint density at radius 3 is 0.423 bits per heavy atom. The van der Waals surface area contributed by atoms with E-state index in [2.05, 4.69) is 26.9 Å². The average Bonchev–Trinajstić information content (AvgIpc) is 3.11. The summed E-state index contributed by atoms with van der Waals surface area (Å²) in [6.07, 6.45) is 68.6. The van der Waals surface area contributed by atoms with Crippen molar-refractivity contribution in [3.8, 4) is 0 Å². The number of rotatable bonds is 46. The molecule has 0 saturated heterocycles. The van der Waals surface area contributed by atoms with Gasteiger partial charge >= 0.3 is 0 Å². The first-order valence-electron chi connectivity index (χ1n) is 24.9. The van der Waals surface area contributed by atoms with Gasteiger partial charge in [0.2, 0.25) is 0 Å². The van der Waals surface area contributed by atoms with Crippen molar-refractivity contribution in [1.82, 2.24) is 0 Å². The van der Waals surface area contributed by atoms with E-state index in [-0.39, 0.29) is 12.4 Å². The molecule has 0 amide bonds. The predicted molar refractivity (Wildman–Crippen MR) is 243 cm³/mol. The average molecular weight is 772 g/mol. The van der Waals surface area contributed by atoms with Crippen LogP contribution in [0.5, 0.6) is 0 Å². The second kappa shape index (κ2) is 47.9. The fourth-order valence-electron chi connectivity index (χ4n) is 8.26. The van der Waals surface area contributed by atoms with Gasteiger partial charge in [-0.3, -0.25) is 0 Å². The zero-order chi connectivity index (χ0) is 37.0. The Bertz CT molecular complexity index is 598. The number of unbranched alkanes of at least 4 members (excludes halogenated alkanes) is 44. The second-order valence-corrected chi connectivity index (χ2v) is 23.6. The largest absolute Gasteiger partial charge is 1.00 e. The van der Waals surface area contributed by atoms with Crippen LogP contribution in [0.25, 0.3) is 0 Å². The Balaban J connectivity index is 0. The lowest BCUT2D eigenvalue weighted by Gasteiger charge is -2.10. The van der Waals surface area contributed by atoms with E-state index in [1.54, 1.807) is 0 Å². The van der Waals surface area contributed by atoms with Gasteiger partial charge in [0.25, 0.3) is 0 Å². The molecule has 0 radical (unpaired) electrons. The molecule has 0 heterocycles. The van der Waals surface area contributed by atoms with E-state index in [4.69, 9.17) is 0 Å². The molecule has 0 aromatic carbocycles. The van der Waals surface area contributed by atoms with Gasteiger partial charge in [-0.1, -0.05) is 283 Å². The van der Waals surface area contributed by atoms with Crippen molar-refractivity contribution >= 4 is 7.26 Å². The van der Waals surface area contributed by atoms with E-state index in [9.17, 15) is 0 Å². The second-order valence-electron chi connectivity index (χ2n) is 18.6. The molecule has 0 atom stereocenters. The maximum Gasteiger partial charge on any atom is 0.0586 e. The van der Waals surface area contributed by atoms with Crippen LogP contribution in [0.3, 0.4) is 0 Å². The van der Waals surface area contributed by atoms with Crippen molar-refractivity contribution in [3.63, 3.8) is 0 Å². The van der Waals surface area contributed by atoms with E-state index in [0.717, 1.165) is 0 Å². The summed E-state index contributed by atoms with van der Waals surface area (Å²) in [5.74, 6) is 0. The highest BCUT2D eigenvalue weighted by Gasteiger charge is 2.15. The topological polar surface area (TPSA) is 0 Å². The SMILES string of the molecule is CCCCCCCCCCCCCCCCCCCCCCCCCCCCCCCCCCCCCCCCCCCCCCC[P+](C)(C)C.[Cl-]. The highest BCUT2D eigenvalue weighted by Crippen LogP contribution is 2.47. The van der Waals surface area contributed by atoms with Crippen LogP contribution in [0.1, 0.15) is 296 Å². The summed E-state index contributed by atoms with van der Waals surface area (Å²) >= 11 is 0. The molecule has 0 unspecified atom stereocenters. The molecule has 2 heteroatoms. The first-order valence-corrected chi connectivity index (χ1v) is 28.2. The van der Waals surface area contributed by atoms with Crippen LogP contribution in [0.2, 0.25) is 0 Å². The molecule has 0 rings (SSSR count). The zero-order valence-electron chi connectivity index (χ0n) is 37.4. The van der Waals surface area contributed by atoms with Crippen LogP contribution < -0.4 is 12.4 Å². The Kier molecular flexibility index (Phi) is 50.5. The smallest absolute Gasteiger partial charge is 0.0586 e. The third-order valence-electron chi connectivity index (χ3n) is 11.9. The van der Waals surface area contributed by atoms with Gasteiger partial charge in [-0.25, -0.2) is 0 Å². The van der Waals surface area contributed by atoms with Gasteiger partial charge in [0.05, 0.1) is 6.16 Å². The van der Waals surface area contributed by atoms with E-state index in [1.807, 2.05) is 0 Å². The van der Waals surface area contributed by atoms with Crippen LogP contribution in [-0.4, -0.2) is 26.2 Å². The lowest BCUT2D eigenvalue weighted by Crippen LogP contribution is -3.00. The molecule has 52 heavy (non-hydrogen) atoms. The Morgan fingerprint density at radius 2 is 0.308 bits per heavy atom. The summed E-state index contributed by atoms with van der Waals surface area (Å²) in [7, 11) is -0.524. The van der Waals surface area contributed by atoms with Crippen LogP contribution in [0, 0.1) is 0 Å². The minimum absolute atomic E-state index is 0. The van der Waals surface area contributed by atoms with Crippen LogP contribution in [0.15, 0.2) is 0 Å². The predicted octanol–water partition coefficient (Wildman–Crippen LogP) is 16.5. The number of hydrogen-bond donors (Lipinski definition) is 0. The molecule has 0 aromatic heterocycles. The first-order chi connectivity index (χ1) is 25.1. The summed E-state index contributed by atoms with van der Waals surface area (Å²) in [6.45, 7) is 9.77. The van der Waals surface area contributed by atoms with Gasteiger partial charge in [-0.05, 0) is 12.8 Å². The third kappa shape index (κ3) is 52.8. The highest BCUT2D eigenvalue weighted by atomic mass is 35.5. The van der Waals surface area contributed by atoms with E-state index >= 15 is 0 Å². The number of halogens is 1. The van der Waals surface area contributed by atoms with E-state index in [1.165, 1.54) is 295 Å². The molecule has 0 aliphatic rings. The number of hydrogen-bond acceptors (Lipinski definition) is 0. The van der Waals surface area contributed by atoms with Crippen molar-refractivity contribution in [1.29, 1.82) is 0 Å². The van der Waals surface area contributed by atoms with Crippen LogP contribution in [0.4, 0.5) is 0 Å². The Hall–Kier alpha value is 0.720. The van der Waals surface area contributed by atoms with Gasteiger partial charge in [0.1, 0.15) is 0 Å². The van der Waals surface area contributed by atoms with Gasteiger partial charge in [-0.15, -0.1) is 0 Å². The third-order valence-corrected chi connectivity index (χ3v) is 13.6. The summed E-state index contributed by atoms with van der Waals surface area (Å²) in [4.78, 5) is 0. The molecule has 0 aromatic rings. The zero-order valence-corrected chi connectivity index (χ0v) is 39.0. The summed E-state index contributed by atoms with van der Waals surface area (Å²) in [6, 6.07) is 0. The monoisotopic (exact) mass is 771 g/mol. The van der Waals surface area contributed by atoms with Crippen molar-refractivity contribution in [2.24, 2.45) is 0 Å². The fraction of sp³-hybridized carbons (Fsp3) is 1.00. The molecular weight excluding hydrogens is 667 g/mol. The van der Waals surface area contributed by atoms with Crippen molar-refractivity contribution < 1.29 is 12.4 Å². The molecule has 316 valence electrons. The molecule has 0 spiro atoms. The Labute approximate surface area is 340 Å². The van der Waals surface area contributed by atoms with Crippen molar-refractivity contribution in [2.45, 2.75) is 296 Å². The van der Waals surface area contributed by atoms with Gasteiger partial charge in [0.15, 0.2) is 0 Å². The van der Waals surface area contributed by atoms with Crippen molar-refractivity contribution in [3.05, 3.63) is 0 Å². The Morgan fingerprint density at radius 1 is 0.192 bits per heavy atom. The normalized spacial score (nSPS) is 11.8. The molecule has 0 N–H and O–H groups in total. The van der Waals surface area contributed by atoms with Crippen molar-refractivity contribution in [2.75, 3.05) is 26.2 Å². The highest BCUT2D eigenvalue weighted by molar-refractivity contribution is 7.73. The maximum atomic E-state index is 2.49. The standard InChI is InChI=1S/C50H104P.ClH/c1-5-6-7-8-9-10-11-12-13-14-15-16-17-18-19-20-21-22-23-24-25-26-27-28-29-30-31-32-33-34-35-36-37-38-39-40-41-42-43-44-45-46-47-48-49-50-51(2,3)4;/h5-50H2,1-4H3;1H/q+1;/p-1. The summed E-state index contributed by atoms with van der Waals surface area (Å²) in [5, 5.41) is 0. The lowest BCUT2D eigenvalue weighted by atomic mass is 10.0. The summed E-state index contributed by atoms with van der Waals surface area (Å²) in [5.41, 5.74) is 0. The minimum Gasteiger partial charge on any atom is -1.00 e. The fourth-order valence-corrected chi connectivity index (χ4v) is 9.43. The molecular formula is C50H104ClP. The first kappa shape index (κ1) is 54.8. The van der Waals surface area contributed by atoms with Crippen LogP contribution >= 0.6 is 7.26 Å². The molecule has 0 nitrogen and oxygen atoms in total. The molecule has 0 saturated carbocycles. The summed E-state index contributed by atoms with van der Waals surface area (Å²) < 4.78 is 0. The minimum atomic E-state index is -0.524.